The summed E-state index contributed by atoms with van der Waals surface area (Å²) in [5, 5.41) is 0. The first-order chi connectivity index (χ1) is 10.7. The Labute approximate surface area is 135 Å². The Kier molecular flexibility index (Phi) is 3.65. The van der Waals surface area contributed by atoms with Crippen LogP contribution in [-0.4, -0.2) is 36.3 Å². The number of rotatable bonds is 0. The fourth-order valence-corrected chi connectivity index (χ4v) is 3.25. The molecule has 1 aromatic carbocycles. The van der Waals surface area contributed by atoms with Gasteiger partial charge in [0.15, 0.2) is 0 Å². The van der Waals surface area contributed by atoms with Crippen molar-refractivity contribution in [3.05, 3.63) is 23.5 Å². The lowest BCUT2D eigenvalue weighted by Gasteiger charge is -2.38. The quantitative estimate of drug-likeness (QED) is 0.746. The van der Waals surface area contributed by atoms with Crippen molar-refractivity contribution in [2.24, 2.45) is 0 Å². The van der Waals surface area contributed by atoms with Crippen LogP contribution in [0.3, 0.4) is 0 Å². The number of carbonyl (C=O) groups is 1. The van der Waals surface area contributed by atoms with Crippen LogP contribution in [0.1, 0.15) is 39.2 Å². The molecular formula is C17H23FN2O3. The van der Waals surface area contributed by atoms with Crippen LogP contribution in [0.5, 0.6) is 5.75 Å². The molecular weight excluding hydrogens is 299 g/mol. The van der Waals surface area contributed by atoms with Crippen LogP contribution in [-0.2, 0) is 10.2 Å². The zero-order chi connectivity index (χ0) is 16.8. The average molecular weight is 322 g/mol. The highest BCUT2D eigenvalue weighted by atomic mass is 19.1. The van der Waals surface area contributed by atoms with Gasteiger partial charge >= 0.3 is 6.09 Å². The van der Waals surface area contributed by atoms with Gasteiger partial charge < -0.3 is 20.1 Å². The third-order valence-electron chi connectivity index (χ3n) is 4.55. The fraction of sp³-hybridized carbons (Fsp3) is 0.588. The average Bonchev–Trinajstić information content (AvgIpc) is 2.77. The fourth-order valence-electron chi connectivity index (χ4n) is 3.25. The van der Waals surface area contributed by atoms with Crippen LogP contribution in [0, 0.1) is 5.82 Å². The Bertz CT molecular complexity index is 631. The third-order valence-corrected chi connectivity index (χ3v) is 4.55. The molecule has 1 amide bonds. The Hall–Kier alpha value is -1.98. The van der Waals surface area contributed by atoms with E-state index in [4.69, 9.17) is 15.2 Å². The van der Waals surface area contributed by atoms with E-state index >= 15 is 0 Å². The predicted octanol–water partition coefficient (Wildman–Crippen LogP) is 3.07. The molecule has 1 spiro atoms. The molecule has 1 saturated heterocycles. The van der Waals surface area contributed by atoms with Gasteiger partial charge in [-0.3, -0.25) is 0 Å². The van der Waals surface area contributed by atoms with E-state index in [9.17, 15) is 9.18 Å². The van der Waals surface area contributed by atoms with Gasteiger partial charge in [0.1, 0.15) is 17.2 Å². The second-order valence-electron chi connectivity index (χ2n) is 7.41. The summed E-state index contributed by atoms with van der Waals surface area (Å²) in [7, 11) is 0. The molecule has 126 valence electrons. The summed E-state index contributed by atoms with van der Waals surface area (Å²) in [6.07, 6.45) is 1.15. The van der Waals surface area contributed by atoms with Crippen LogP contribution < -0.4 is 10.5 Å². The molecule has 0 bridgehead atoms. The first-order valence-electron chi connectivity index (χ1n) is 7.90. The van der Waals surface area contributed by atoms with Crippen molar-refractivity contribution < 1.29 is 18.7 Å². The number of halogens is 1. The first-order valence-corrected chi connectivity index (χ1v) is 7.90. The van der Waals surface area contributed by atoms with E-state index in [0.29, 0.717) is 25.4 Å². The molecule has 6 heteroatoms. The van der Waals surface area contributed by atoms with Gasteiger partial charge in [0.25, 0.3) is 0 Å². The van der Waals surface area contributed by atoms with Crippen LogP contribution in [0.25, 0.3) is 0 Å². The van der Waals surface area contributed by atoms with E-state index < -0.39 is 11.4 Å². The topological polar surface area (TPSA) is 64.8 Å². The summed E-state index contributed by atoms with van der Waals surface area (Å²) < 4.78 is 25.0. The molecule has 1 fully saturated rings. The number of nitrogens with two attached hydrogens (primary N) is 1. The number of amides is 1. The number of likely N-dealkylation sites (tertiary alicyclic amines) is 1. The van der Waals surface area contributed by atoms with Gasteiger partial charge in [0, 0.05) is 30.1 Å². The van der Waals surface area contributed by atoms with Gasteiger partial charge in [-0.05, 0) is 39.7 Å². The van der Waals surface area contributed by atoms with Crippen molar-refractivity contribution in [1.29, 1.82) is 0 Å². The number of nitrogens with zero attached hydrogens (tertiary/aromatic N) is 1. The maximum absolute atomic E-state index is 13.8. The van der Waals surface area contributed by atoms with Gasteiger partial charge in [-0.25, -0.2) is 9.18 Å². The molecule has 0 aromatic heterocycles. The van der Waals surface area contributed by atoms with Crippen LogP contribution >= 0.6 is 0 Å². The van der Waals surface area contributed by atoms with Crippen molar-refractivity contribution in [2.45, 2.75) is 44.6 Å². The Morgan fingerprint density at radius 1 is 1.35 bits per heavy atom. The Morgan fingerprint density at radius 2 is 2.00 bits per heavy atom. The van der Waals surface area contributed by atoms with Gasteiger partial charge in [-0.15, -0.1) is 0 Å². The van der Waals surface area contributed by atoms with E-state index in [1.54, 1.807) is 11.0 Å². The second-order valence-corrected chi connectivity index (χ2v) is 7.41. The smallest absolute Gasteiger partial charge is 0.410 e. The van der Waals surface area contributed by atoms with E-state index in [1.165, 1.54) is 6.07 Å². The van der Waals surface area contributed by atoms with Gasteiger partial charge in [0.2, 0.25) is 0 Å². The Morgan fingerprint density at radius 3 is 2.61 bits per heavy atom. The van der Waals surface area contributed by atoms with E-state index in [1.807, 2.05) is 20.8 Å². The maximum atomic E-state index is 13.8. The number of fused-ring (bicyclic) bond motifs is 2. The number of hydrogen-bond acceptors (Lipinski definition) is 4. The summed E-state index contributed by atoms with van der Waals surface area (Å²) in [5.74, 6) is 0.248. The maximum Gasteiger partial charge on any atom is 0.410 e. The minimum Gasteiger partial charge on any atom is -0.492 e. The summed E-state index contributed by atoms with van der Waals surface area (Å²) in [5.41, 5.74) is 5.84. The van der Waals surface area contributed by atoms with Crippen molar-refractivity contribution in [1.82, 2.24) is 4.90 Å². The number of benzene rings is 1. The van der Waals surface area contributed by atoms with Crippen molar-refractivity contribution in [3.8, 4) is 5.75 Å². The van der Waals surface area contributed by atoms with Crippen molar-refractivity contribution in [3.63, 3.8) is 0 Å². The monoisotopic (exact) mass is 322 g/mol. The van der Waals surface area contributed by atoms with Gasteiger partial charge in [-0.1, -0.05) is 0 Å². The lowest BCUT2D eigenvalue weighted by molar-refractivity contribution is 0.0152. The first kappa shape index (κ1) is 15.9. The molecule has 2 aliphatic rings. The van der Waals surface area contributed by atoms with Gasteiger partial charge in [0.05, 0.1) is 12.3 Å². The number of carbonyl (C=O) groups excluding carboxylic acids is 1. The summed E-state index contributed by atoms with van der Waals surface area (Å²) in [6.45, 7) is 7.21. The number of anilines is 1. The zero-order valence-electron chi connectivity index (χ0n) is 13.8. The summed E-state index contributed by atoms with van der Waals surface area (Å²) >= 11 is 0. The summed E-state index contributed by atoms with van der Waals surface area (Å²) in [6, 6.07) is 3.04. The number of piperidine rings is 1. The molecule has 2 aliphatic heterocycles. The molecule has 0 unspecified atom stereocenters. The van der Waals surface area contributed by atoms with Gasteiger partial charge in [-0.2, -0.15) is 0 Å². The van der Waals surface area contributed by atoms with Crippen LogP contribution in [0.4, 0.5) is 14.9 Å². The highest BCUT2D eigenvalue weighted by molar-refractivity contribution is 5.68. The van der Waals surface area contributed by atoms with Crippen LogP contribution in [0.2, 0.25) is 0 Å². The molecule has 1 aromatic rings. The lowest BCUT2D eigenvalue weighted by atomic mass is 9.74. The standard InChI is InChI=1S/C17H23FN2O3/c1-16(2,3)23-15(21)20-6-4-17(5-7-20)10-22-14-9-13(19)12(18)8-11(14)17/h8-9H,4-7,10,19H2,1-3H3. The van der Waals surface area contributed by atoms with Crippen LogP contribution in [0.15, 0.2) is 12.1 Å². The van der Waals surface area contributed by atoms with E-state index in [0.717, 1.165) is 18.4 Å². The molecule has 23 heavy (non-hydrogen) atoms. The van der Waals surface area contributed by atoms with E-state index in [2.05, 4.69) is 0 Å². The Balaban J connectivity index is 1.73. The second kappa shape index (κ2) is 5.28. The molecule has 0 aliphatic carbocycles. The van der Waals surface area contributed by atoms with Crippen molar-refractivity contribution >= 4 is 11.8 Å². The highest BCUT2D eigenvalue weighted by Gasteiger charge is 2.44. The normalized spacial score (nSPS) is 19.4. The lowest BCUT2D eigenvalue weighted by Crippen LogP contribution is -2.47. The SMILES string of the molecule is CC(C)(C)OC(=O)N1CCC2(CC1)COc1cc(N)c(F)cc12. The van der Waals surface area contributed by atoms with E-state index in [-0.39, 0.29) is 17.2 Å². The summed E-state index contributed by atoms with van der Waals surface area (Å²) in [4.78, 5) is 13.9. The molecule has 2 N–H and O–H groups in total. The molecule has 5 nitrogen and oxygen atoms in total. The molecule has 2 heterocycles. The van der Waals surface area contributed by atoms with Crippen molar-refractivity contribution in [2.75, 3.05) is 25.4 Å². The number of hydrogen-bond donors (Lipinski definition) is 1. The molecule has 0 atom stereocenters. The highest BCUT2D eigenvalue weighted by Crippen LogP contribution is 2.46. The minimum absolute atomic E-state index is 0.104. The molecule has 0 saturated carbocycles. The largest absolute Gasteiger partial charge is 0.492 e. The molecule has 3 rings (SSSR count). The molecule has 0 radical (unpaired) electrons. The predicted molar refractivity (Wildman–Crippen MR) is 85.0 cm³/mol. The zero-order valence-corrected chi connectivity index (χ0v) is 13.8. The number of nitrogen functional groups attached to an aromatic ring is 1. The minimum atomic E-state index is -0.504. The number of ether oxygens (including phenoxy) is 2. The third kappa shape index (κ3) is 2.94.